The summed E-state index contributed by atoms with van der Waals surface area (Å²) in [6.07, 6.45) is 1.57. The van der Waals surface area contributed by atoms with E-state index in [1.807, 2.05) is 42.7 Å². The van der Waals surface area contributed by atoms with Gasteiger partial charge >= 0.3 is 11.9 Å². The molecule has 4 rings (SSSR count). The Labute approximate surface area is 181 Å². The minimum absolute atomic E-state index is 0.0612. The summed E-state index contributed by atoms with van der Waals surface area (Å²) in [5.41, 5.74) is 4.47. The van der Waals surface area contributed by atoms with Crippen LogP contribution >= 0.6 is 11.8 Å². The van der Waals surface area contributed by atoms with Crippen molar-refractivity contribution in [3.05, 3.63) is 82.0 Å². The summed E-state index contributed by atoms with van der Waals surface area (Å²) >= 11 is 0.940. The fourth-order valence-electron chi connectivity index (χ4n) is 3.37. The number of benzene rings is 2. The molecule has 8 heteroatoms. The minimum atomic E-state index is -1.09. The predicted molar refractivity (Wildman–Crippen MR) is 118 cm³/mol. The van der Waals surface area contributed by atoms with E-state index in [0.29, 0.717) is 22.4 Å². The molecule has 0 saturated carbocycles. The molecule has 2 aromatic heterocycles. The van der Waals surface area contributed by atoms with Gasteiger partial charge in [0.2, 0.25) is 0 Å². The zero-order chi connectivity index (χ0) is 22.1. The molecule has 0 fully saturated rings. The number of aryl methyl sites for hydroxylation is 1. The lowest BCUT2D eigenvalue weighted by molar-refractivity contribution is -0.131. The van der Waals surface area contributed by atoms with Crippen LogP contribution in [0.1, 0.15) is 27.3 Å². The third-order valence-corrected chi connectivity index (χ3v) is 5.65. The van der Waals surface area contributed by atoms with Gasteiger partial charge in [0.05, 0.1) is 5.56 Å². The Bertz CT molecular complexity index is 1320. The van der Waals surface area contributed by atoms with Gasteiger partial charge < -0.3 is 19.2 Å². The number of aromatic carboxylic acids is 1. The summed E-state index contributed by atoms with van der Waals surface area (Å²) < 4.78 is 7.53. The molecule has 4 aromatic rings. The molecule has 0 unspecified atom stereocenters. The quantitative estimate of drug-likeness (QED) is 0.319. The molecule has 31 heavy (non-hydrogen) atoms. The van der Waals surface area contributed by atoms with Gasteiger partial charge in [0.1, 0.15) is 10.4 Å². The third-order valence-electron chi connectivity index (χ3n) is 4.79. The van der Waals surface area contributed by atoms with Gasteiger partial charge in [0, 0.05) is 17.1 Å². The SMILES string of the molecule is Cc1cc(/C=C(\Sc2nc3ccccc3o2)C(=O)O)c(C)n1-c1cccc(C(=O)O)c1. The number of fused-ring (bicyclic) bond motifs is 1. The Morgan fingerprint density at radius 3 is 2.55 bits per heavy atom. The second kappa shape index (κ2) is 8.16. The molecular weight excluding hydrogens is 416 g/mol. The second-order valence-corrected chi connectivity index (χ2v) is 7.87. The van der Waals surface area contributed by atoms with Gasteiger partial charge in [-0.2, -0.15) is 0 Å². The van der Waals surface area contributed by atoms with Crippen molar-refractivity contribution < 1.29 is 24.2 Å². The number of carboxylic acids is 2. The first kappa shape index (κ1) is 20.5. The van der Waals surface area contributed by atoms with Crippen LogP contribution in [0.5, 0.6) is 0 Å². The number of rotatable bonds is 6. The van der Waals surface area contributed by atoms with E-state index in [9.17, 15) is 19.8 Å². The normalized spacial score (nSPS) is 11.7. The number of nitrogens with zero attached hydrogens (tertiary/aromatic N) is 2. The van der Waals surface area contributed by atoms with Crippen LogP contribution in [0.4, 0.5) is 0 Å². The third kappa shape index (κ3) is 4.10. The minimum Gasteiger partial charge on any atom is -0.478 e. The molecular formula is C23H18N2O5S. The molecule has 0 aliphatic heterocycles. The van der Waals surface area contributed by atoms with E-state index in [4.69, 9.17) is 4.42 Å². The monoisotopic (exact) mass is 434 g/mol. The Morgan fingerprint density at radius 1 is 1.06 bits per heavy atom. The van der Waals surface area contributed by atoms with Crippen molar-refractivity contribution >= 4 is 40.9 Å². The lowest BCUT2D eigenvalue weighted by Gasteiger charge is -2.10. The van der Waals surface area contributed by atoms with Crippen LogP contribution in [0.2, 0.25) is 0 Å². The molecule has 0 spiro atoms. The van der Waals surface area contributed by atoms with Crippen molar-refractivity contribution in [2.75, 3.05) is 0 Å². The van der Waals surface area contributed by atoms with Crippen LogP contribution in [-0.4, -0.2) is 31.7 Å². The van der Waals surface area contributed by atoms with Crippen LogP contribution < -0.4 is 0 Å². The number of thioether (sulfide) groups is 1. The van der Waals surface area contributed by atoms with Crippen LogP contribution in [0.15, 0.2) is 69.1 Å². The van der Waals surface area contributed by atoms with Crippen LogP contribution in [0, 0.1) is 13.8 Å². The van der Waals surface area contributed by atoms with Gasteiger partial charge in [0.15, 0.2) is 5.58 Å². The molecule has 2 N–H and O–H groups in total. The first-order chi connectivity index (χ1) is 14.8. The van der Waals surface area contributed by atoms with Gasteiger partial charge in [-0.05, 0) is 73.6 Å². The van der Waals surface area contributed by atoms with Crippen molar-refractivity contribution in [2.45, 2.75) is 19.1 Å². The summed E-state index contributed by atoms with van der Waals surface area (Å²) in [7, 11) is 0. The smallest absolute Gasteiger partial charge is 0.342 e. The van der Waals surface area contributed by atoms with E-state index in [0.717, 1.165) is 23.1 Å². The van der Waals surface area contributed by atoms with E-state index in [1.165, 1.54) is 6.07 Å². The highest BCUT2D eigenvalue weighted by Gasteiger charge is 2.17. The topological polar surface area (TPSA) is 106 Å². The van der Waals surface area contributed by atoms with E-state index in [-0.39, 0.29) is 15.7 Å². The fourth-order valence-corrected chi connectivity index (χ4v) is 4.11. The van der Waals surface area contributed by atoms with Crippen molar-refractivity contribution in [2.24, 2.45) is 0 Å². The van der Waals surface area contributed by atoms with Crippen LogP contribution in [-0.2, 0) is 4.79 Å². The summed E-state index contributed by atoms with van der Waals surface area (Å²) in [6, 6.07) is 15.7. The number of oxazole rings is 1. The molecule has 0 aliphatic rings. The Balaban J connectivity index is 1.72. The number of aliphatic carboxylic acids is 1. The Hall–Kier alpha value is -3.78. The molecule has 0 bridgehead atoms. The van der Waals surface area contributed by atoms with Gasteiger partial charge in [-0.1, -0.05) is 18.2 Å². The maximum absolute atomic E-state index is 11.9. The molecule has 7 nitrogen and oxygen atoms in total. The fraction of sp³-hybridized carbons (Fsp3) is 0.0870. The van der Waals surface area contributed by atoms with Crippen molar-refractivity contribution in [1.82, 2.24) is 9.55 Å². The first-order valence-electron chi connectivity index (χ1n) is 9.34. The van der Waals surface area contributed by atoms with Gasteiger partial charge in [0.25, 0.3) is 5.22 Å². The highest BCUT2D eigenvalue weighted by molar-refractivity contribution is 8.03. The highest BCUT2D eigenvalue weighted by atomic mass is 32.2. The van der Waals surface area contributed by atoms with Crippen LogP contribution in [0.25, 0.3) is 22.9 Å². The van der Waals surface area contributed by atoms with E-state index in [1.54, 1.807) is 30.3 Å². The lowest BCUT2D eigenvalue weighted by Crippen LogP contribution is -2.03. The molecule has 0 atom stereocenters. The first-order valence-corrected chi connectivity index (χ1v) is 10.2. The Kier molecular flexibility index (Phi) is 5.39. The Morgan fingerprint density at radius 2 is 1.84 bits per heavy atom. The van der Waals surface area contributed by atoms with Crippen LogP contribution in [0.3, 0.4) is 0 Å². The summed E-state index contributed by atoms with van der Waals surface area (Å²) in [5, 5.41) is 19.2. The summed E-state index contributed by atoms with van der Waals surface area (Å²) in [6.45, 7) is 3.74. The summed E-state index contributed by atoms with van der Waals surface area (Å²) in [5.74, 6) is -2.10. The lowest BCUT2D eigenvalue weighted by atomic mass is 10.2. The zero-order valence-electron chi connectivity index (χ0n) is 16.7. The summed E-state index contributed by atoms with van der Waals surface area (Å²) in [4.78, 5) is 27.6. The average Bonchev–Trinajstić information content (AvgIpc) is 3.27. The molecule has 0 aliphatic carbocycles. The van der Waals surface area contributed by atoms with Crippen molar-refractivity contribution in [3.63, 3.8) is 0 Å². The van der Waals surface area contributed by atoms with Gasteiger partial charge in [-0.25, -0.2) is 14.6 Å². The van der Waals surface area contributed by atoms with Crippen molar-refractivity contribution in [1.29, 1.82) is 0 Å². The number of hydrogen-bond acceptors (Lipinski definition) is 5. The maximum atomic E-state index is 11.9. The van der Waals surface area contributed by atoms with E-state index >= 15 is 0 Å². The average molecular weight is 434 g/mol. The van der Waals surface area contributed by atoms with Gasteiger partial charge in [-0.15, -0.1) is 0 Å². The number of carbonyl (C=O) groups is 2. The number of para-hydroxylation sites is 2. The number of carboxylic acid groups (broad SMARTS) is 2. The van der Waals surface area contributed by atoms with Crippen molar-refractivity contribution in [3.8, 4) is 5.69 Å². The maximum Gasteiger partial charge on any atom is 0.342 e. The number of aromatic nitrogens is 2. The molecule has 2 heterocycles. The zero-order valence-corrected chi connectivity index (χ0v) is 17.5. The standard InChI is InChI=1S/C23H18N2O5S/c1-13-10-16(14(2)25(13)17-7-5-6-15(11-17)21(26)27)12-20(22(28)29)31-23-24-18-8-3-4-9-19(18)30-23/h3-12H,1-2H3,(H,26,27)(H,28,29)/b20-12-. The molecule has 0 saturated heterocycles. The van der Waals surface area contributed by atoms with E-state index in [2.05, 4.69) is 4.98 Å². The predicted octanol–water partition coefficient (Wildman–Crippen LogP) is 5.15. The van der Waals surface area contributed by atoms with E-state index < -0.39 is 11.9 Å². The molecule has 0 amide bonds. The molecule has 2 aromatic carbocycles. The second-order valence-electron chi connectivity index (χ2n) is 6.88. The van der Waals surface area contributed by atoms with Gasteiger partial charge in [-0.3, -0.25) is 0 Å². The number of hydrogen-bond donors (Lipinski definition) is 2. The highest BCUT2D eigenvalue weighted by Crippen LogP contribution is 2.32. The molecule has 156 valence electrons. The molecule has 0 radical (unpaired) electrons. The largest absolute Gasteiger partial charge is 0.478 e.